The molecule has 3 aromatic rings. The van der Waals surface area contributed by atoms with Gasteiger partial charge in [-0.05, 0) is 55.8 Å². The number of benzene rings is 2. The van der Waals surface area contributed by atoms with Crippen molar-refractivity contribution in [3.05, 3.63) is 59.8 Å². The molecule has 2 aromatic carbocycles. The summed E-state index contributed by atoms with van der Waals surface area (Å²) in [5, 5.41) is 0.755. The smallest absolute Gasteiger partial charge is 0.270 e. The van der Waals surface area contributed by atoms with Crippen molar-refractivity contribution in [2.75, 3.05) is 37.6 Å². The van der Waals surface area contributed by atoms with E-state index in [1.807, 2.05) is 36.4 Å². The first-order valence-corrected chi connectivity index (χ1v) is 13.3. The number of carbonyl (C=O) groups is 1. The second kappa shape index (κ2) is 9.43. The maximum Gasteiger partial charge on any atom is 0.270 e. The molecule has 0 saturated carbocycles. The molecule has 1 atom stereocenters. The van der Waals surface area contributed by atoms with Gasteiger partial charge in [-0.1, -0.05) is 26.0 Å². The molecule has 0 spiro atoms. The summed E-state index contributed by atoms with van der Waals surface area (Å²) in [5.74, 6) is -0.0254. The molecule has 0 unspecified atom stereocenters. The van der Waals surface area contributed by atoms with Crippen molar-refractivity contribution in [1.82, 2.24) is 13.8 Å². The zero-order valence-electron chi connectivity index (χ0n) is 20.7. The summed E-state index contributed by atoms with van der Waals surface area (Å²) in [6.07, 6.45) is 0. The third kappa shape index (κ3) is 4.32. The average molecular weight is 483 g/mol. The molecule has 4 rings (SSSR count). The lowest BCUT2D eigenvalue weighted by Crippen LogP contribution is -2.54. The molecule has 7 nitrogen and oxygen atoms in total. The molecule has 1 fully saturated rings. The highest BCUT2D eigenvalue weighted by molar-refractivity contribution is 7.89. The Morgan fingerprint density at radius 1 is 1.06 bits per heavy atom. The lowest BCUT2D eigenvalue weighted by molar-refractivity contribution is 0.0717. The topological polar surface area (TPSA) is 65.9 Å². The number of fused-ring (bicyclic) bond motifs is 1. The van der Waals surface area contributed by atoms with Crippen molar-refractivity contribution in [3.8, 4) is 0 Å². The average Bonchev–Trinajstić information content (AvgIpc) is 3.15. The first kappa shape index (κ1) is 24.3. The second-order valence-corrected chi connectivity index (χ2v) is 11.0. The second-order valence-electron chi connectivity index (χ2n) is 9.03. The Kier molecular flexibility index (Phi) is 6.73. The van der Waals surface area contributed by atoms with E-state index in [0.717, 1.165) is 17.4 Å². The number of sulfonamides is 1. The fourth-order valence-electron chi connectivity index (χ4n) is 4.90. The number of amides is 1. The van der Waals surface area contributed by atoms with Crippen LogP contribution >= 0.6 is 0 Å². The molecule has 182 valence electrons. The highest BCUT2D eigenvalue weighted by atomic mass is 32.2. The highest BCUT2D eigenvalue weighted by Gasteiger charge is 2.29. The monoisotopic (exact) mass is 482 g/mol. The van der Waals surface area contributed by atoms with Gasteiger partial charge in [0.2, 0.25) is 10.0 Å². The molecule has 1 aliphatic rings. The lowest BCUT2D eigenvalue weighted by Gasteiger charge is -2.41. The number of anilines is 1. The van der Waals surface area contributed by atoms with E-state index in [0.29, 0.717) is 31.9 Å². The van der Waals surface area contributed by atoms with Crippen LogP contribution in [0.4, 0.5) is 5.69 Å². The summed E-state index contributed by atoms with van der Waals surface area (Å²) < 4.78 is 29.2. The molecule has 0 N–H and O–H groups in total. The number of carbonyl (C=O) groups excluding carboxylic acids is 1. The van der Waals surface area contributed by atoms with Gasteiger partial charge in [-0.25, -0.2) is 8.42 Å². The van der Waals surface area contributed by atoms with Gasteiger partial charge in [-0.2, -0.15) is 4.31 Å². The van der Waals surface area contributed by atoms with E-state index in [9.17, 15) is 13.2 Å². The van der Waals surface area contributed by atoms with Gasteiger partial charge in [-0.15, -0.1) is 0 Å². The van der Waals surface area contributed by atoms with Gasteiger partial charge < -0.3 is 14.4 Å². The van der Waals surface area contributed by atoms with Gasteiger partial charge in [0.1, 0.15) is 5.69 Å². The lowest BCUT2D eigenvalue weighted by atomic mass is 10.1. The quantitative estimate of drug-likeness (QED) is 0.535. The number of piperazine rings is 1. The van der Waals surface area contributed by atoms with Crippen LogP contribution in [0.1, 0.15) is 36.8 Å². The van der Waals surface area contributed by atoms with Crippen LogP contribution in [-0.2, 0) is 17.1 Å². The van der Waals surface area contributed by atoms with Crippen molar-refractivity contribution in [3.63, 3.8) is 0 Å². The van der Waals surface area contributed by atoms with Crippen LogP contribution < -0.4 is 4.90 Å². The van der Waals surface area contributed by atoms with E-state index in [4.69, 9.17) is 0 Å². The zero-order chi connectivity index (χ0) is 24.6. The van der Waals surface area contributed by atoms with Crippen LogP contribution in [-0.4, -0.2) is 66.9 Å². The van der Waals surface area contributed by atoms with Gasteiger partial charge in [-0.3, -0.25) is 4.79 Å². The Hall–Kier alpha value is -2.84. The van der Waals surface area contributed by atoms with Crippen molar-refractivity contribution >= 4 is 32.5 Å². The third-order valence-corrected chi connectivity index (χ3v) is 8.87. The van der Waals surface area contributed by atoms with Crippen LogP contribution in [0.3, 0.4) is 0 Å². The van der Waals surface area contributed by atoms with Gasteiger partial charge in [0.25, 0.3) is 5.91 Å². The molecule has 2 heterocycles. The standard InChI is InChI=1S/C26H34N4O3S/c1-6-29(7-2)34(32,33)23-11-12-24-21(16-23)17-25(27(24)5)26(31)28-13-14-30(20(4)18-28)22-10-8-9-19(3)15-22/h8-12,15-17,20H,6-7,13-14,18H2,1-5H3/t20-/m0/s1. The minimum absolute atomic E-state index is 0.0254. The first-order chi connectivity index (χ1) is 16.2. The number of aromatic nitrogens is 1. The van der Waals surface area contributed by atoms with Crippen molar-refractivity contribution < 1.29 is 13.2 Å². The summed E-state index contributed by atoms with van der Waals surface area (Å²) in [7, 11) is -1.70. The Bertz CT molecular complexity index is 1310. The fourth-order valence-corrected chi connectivity index (χ4v) is 6.39. The summed E-state index contributed by atoms with van der Waals surface area (Å²) in [4.78, 5) is 18.0. The molecule has 0 bridgehead atoms. The molecule has 1 aromatic heterocycles. The van der Waals surface area contributed by atoms with Crippen LogP contribution in [0.15, 0.2) is 53.4 Å². The zero-order valence-corrected chi connectivity index (χ0v) is 21.5. The molecular formula is C26H34N4O3S. The van der Waals surface area contributed by atoms with Crippen LogP contribution in [0.25, 0.3) is 10.9 Å². The Morgan fingerprint density at radius 3 is 2.44 bits per heavy atom. The molecule has 8 heteroatoms. The maximum absolute atomic E-state index is 13.5. The Morgan fingerprint density at radius 2 is 1.79 bits per heavy atom. The largest absolute Gasteiger partial charge is 0.365 e. The molecule has 0 radical (unpaired) electrons. The minimum Gasteiger partial charge on any atom is -0.365 e. The van der Waals surface area contributed by atoms with E-state index < -0.39 is 10.0 Å². The van der Waals surface area contributed by atoms with E-state index in [2.05, 4.69) is 43.0 Å². The number of aryl methyl sites for hydroxylation is 2. The molecular weight excluding hydrogens is 448 g/mol. The Balaban J connectivity index is 1.58. The number of rotatable bonds is 6. The summed E-state index contributed by atoms with van der Waals surface area (Å²) in [5.41, 5.74) is 3.82. The van der Waals surface area contributed by atoms with Crippen molar-refractivity contribution in [2.45, 2.75) is 38.6 Å². The van der Waals surface area contributed by atoms with Gasteiger partial charge in [0, 0.05) is 62.4 Å². The Labute approximate surface area is 202 Å². The van der Waals surface area contributed by atoms with Crippen LogP contribution in [0.2, 0.25) is 0 Å². The molecule has 0 aliphatic carbocycles. The molecule has 1 saturated heterocycles. The summed E-state index contributed by atoms with van der Waals surface area (Å²) in [6.45, 7) is 10.8. The minimum atomic E-state index is -3.56. The van der Waals surface area contributed by atoms with E-state index in [-0.39, 0.29) is 16.8 Å². The SMILES string of the molecule is CCN(CC)S(=O)(=O)c1ccc2c(c1)cc(C(=O)N1CCN(c3cccc(C)c3)[C@@H](C)C1)n2C. The molecule has 34 heavy (non-hydrogen) atoms. The summed E-state index contributed by atoms with van der Waals surface area (Å²) in [6, 6.07) is 15.6. The maximum atomic E-state index is 13.5. The highest BCUT2D eigenvalue weighted by Crippen LogP contribution is 2.27. The van der Waals surface area contributed by atoms with E-state index in [1.165, 1.54) is 15.6 Å². The predicted molar refractivity (Wildman–Crippen MR) is 137 cm³/mol. The number of hydrogen-bond acceptors (Lipinski definition) is 4. The van der Waals surface area contributed by atoms with Crippen LogP contribution in [0.5, 0.6) is 0 Å². The van der Waals surface area contributed by atoms with Gasteiger partial charge in [0.15, 0.2) is 0 Å². The first-order valence-electron chi connectivity index (χ1n) is 11.9. The normalized spacial score (nSPS) is 17.1. The van der Waals surface area contributed by atoms with Gasteiger partial charge in [0.05, 0.1) is 4.90 Å². The van der Waals surface area contributed by atoms with Crippen molar-refractivity contribution in [2.24, 2.45) is 7.05 Å². The van der Waals surface area contributed by atoms with E-state index in [1.54, 1.807) is 18.2 Å². The third-order valence-electron chi connectivity index (χ3n) is 6.82. The number of nitrogens with zero attached hydrogens (tertiary/aromatic N) is 4. The summed E-state index contributed by atoms with van der Waals surface area (Å²) >= 11 is 0. The molecule has 1 amide bonds. The van der Waals surface area contributed by atoms with Crippen LogP contribution in [0, 0.1) is 6.92 Å². The molecule has 1 aliphatic heterocycles. The van der Waals surface area contributed by atoms with Gasteiger partial charge >= 0.3 is 0 Å². The van der Waals surface area contributed by atoms with Crippen molar-refractivity contribution in [1.29, 1.82) is 0 Å². The number of hydrogen-bond donors (Lipinski definition) is 0. The predicted octanol–water partition coefficient (Wildman–Crippen LogP) is 3.87. The van der Waals surface area contributed by atoms with E-state index >= 15 is 0 Å². The fraction of sp³-hybridized carbons (Fsp3) is 0.423.